The van der Waals surface area contributed by atoms with E-state index in [0.29, 0.717) is 0 Å². The molecule has 2 fully saturated rings. The third kappa shape index (κ3) is 2.44. The molecular weight excluding hydrogens is 356 g/mol. The number of likely N-dealkylation sites (N-methyl/N-ethyl adjacent to an activating group) is 1. The zero-order valence-electron chi connectivity index (χ0n) is 15.1. The molecule has 0 aliphatic carbocycles. The highest BCUT2D eigenvalue weighted by Crippen LogP contribution is 2.51. The summed E-state index contributed by atoms with van der Waals surface area (Å²) in [4.78, 5) is 35.2. The maximum Gasteiger partial charge on any atom is 0.353 e. The van der Waals surface area contributed by atoms with Gasteiger partial charge in [0.05, 0.1) is 24.6 Å². The average Bonchev–Trinajstić information content (AvgIpc) is 3.03. The van der Waals surface area contributed by atoms with E-state index in [1.165, 1.54) is 4.90 Å². The number of likely N-dealkylation sites (tertiary alicyclic amines) is 1. The van der Waals surface area contributed by atoms with Crippen molar-refractivity contribution >= 4 is 29.6 Å². The monoisotopic (exact) mass is 380 g/mol. The minimum absolute atomic E-state index is 0.0658. The van der Waals surface area contributed by atoms with Crippen LogP contribution in [0.3, 0.4) is 0 Å². The van der Waals surface area contributed by atoms with Crippen LogP contribution in [-0.4, -0.2) is 93.4 Å². The lowest BCUT2D eigenvalue weighted by molar-refractivity contribution is -0.163. The van der Waals surface area contributed by atoms with Crippen molar-refractivity contribution in [2.45, 2.75) is 31.2 Å². The van der Waals surface area contributed by atoms with E-state index in [4.69, 9.17) is 0 Å². The molecule has 0 aromatic rings. The van der Waals surface area contributed by atoms with Crippen LogP contribution < -0.4 is 0 Å². The molecule has 2 saturated heterocycles. The van der Waals surface area contributed by atoms with Crippen LogP contribution >= 0.6 is 11.8 Å². The van der Waals surface area contributed by atoms with Crippen molar-refractivity contribution in [2.75, 3.05) is 33.2 Å². The Morgan fingerprint density at radius 3 is 2.62 bits per heavy atom. The number of fused-ring (bicyclic) bond motifs is 1. The number of nitrogens with zero attached hydrogens (tertiary/aromatic N) is 4. The first-order valence-corrected chi connectivity index (χ1v) is 9.85. The zero-order chi connectivity index (χ0) is 18.7. The number of β-lactam (4-membered cyclic amide) rings is 1. The van der Waals surface area contributed by atoms with Crippen LogP contribution in [0, 0.1) is 11.8 Å². The Labute approximate surface area is 156 Å². The van der Waals surface area contributed by atoms with Crippen molar-refractivity contribution in [1.82, 2.24) is 14.7 Å². The van der Waals surface area contributed by atoms with Gasteiger partial charge in [-0.1, -0.05) is 6.92 Å². The number of carboxylic acids is 1. The quantitative estimate of drug-likeness (QED) is 0.655. The predicted molar refractivity (Wildman–Crippen MR) is 97.5 cm³/mol. The van der Waals surface area contributed by atoms with E-state index in [0.717, 1.165) is 37.0 Å². The van der Waals surface area contributed by atoms with Crippen molar-refractivity contribution < 1.29 is 19.8 Å². The first-order chi connectivity index (χ1) is 12.3. The second-order valence-electron chi connectivity index (χ2n) is 7.52. The van der Waals surface area contributed by atoms with Crippen molar-refractivity contribution in [2.24, 2.45) is 16.8 Å². The number of carboxylic acid groups (broad SMARTS) is 1. The van der Waals surface area contributed by atoms with Crippen molar-refractivity contribution in [3.05, 3.63) is 10.6 Å². The number of amides is 1. The molecule has 4 aliphatic rings. The number of thioether (sulfide) groups is 1. The molecule has 142 valence electrons. The summed E-state index contributed by atoms with van der Waals surface area (Å²) in [6.07, 6.45) is -0.763. The zero-order valence-corrected chi connectivity index (χ0v) is 15.9. The van der Waals surface area contributed by atoms with Crippen LogP contribution in [0.25, 0.3) is 0 Å². The maximum absolute atomic E-state index is 12.4. The number of guanidine groups is 1. The van der Waals surface area contributed by atoms with Gasteiger partial charge in [-0.15, -0.1) is 11.8 Å². The Morgan fingerprint density at radius 1 is 1.38 bits per heavy atom. The molecule has 0 saturated carbocycles. The Bertz CT molecular complexity index is 716. The van der Waals surface area contributed by atoms with Gasteiger partial charge in [-0.05, 0) is 6.92 Å². The molecule has 26 heavy (non-hydrogen) atoms. The summed E-state index contributed by atoms with van der Waals surface area (Å²) in [6.45, 7) is 6.98. The number of carbonyl (C=O) groups is 2. The fraction of sp³-hybridized carbons (Fsp3) is 0.706. The topological polar surface area (TPSA) is 96.7 Å². The summed E-state index contributed by atoms with van der Waals surface area (Å²) in [5.41, 5.74) is 0.114. The maximum atomic E-state index is 12.4. The van der Waals surface area contributed by atoms with E-state index in [9.17, 15) is 19.8 Å². The lowest BCUT2D eigenvalue weighted by atomic mass is 9.79. The first kappa shape index (κ1) is 17.7. The molecule has 0 unspecified atom stereocenters. The summed E-state index contributed by atoms with van der Waals surface area (Å²) >= 11 is 1.57. The van der Waals surface area contributed by atoms with E-state index >= 15 is 0 Å². The standard InChI is InChI=1S/C17H24N4O4S/c1-8-12-11(9(2)22)15(23)21(12)13(16(24)25)14(8)26-10-6-20(7-10)17-18-4-5-19(17)3/h8-12,22H,4-7H2,1-3H3,(H,24,25)/t8-,9-,11-,12-/m1/s1. The highest BCUT2D eigenvalue weighted by atomic mass is 32.2. The predicted octanol–water partition coefficient (Wildman–Crippen LogP) is -0.141. The number of hydrogen-bond acceptors (Lipinski definition) is 7. The normalized spacial score (nSPS) is 32.5. The molecule has 4 rings (SSSR count). The number of aliphatic hydroxyl groups excluding tert-OH is 1. The summed E-state index contributed by atoms with van der Waals surface area (Å²) < 4.78 is 0. The summed E-state index contributed by atoms with van der Waals surface area (Å²) in [6, 6.07) is -0.238. The molecule has 0 aromatic heterocycles. The average molecular weight is 380 g/mol. The van der Waals surface area contributed by atoms with Gasteiger partial charge in [-0.25, -0.2) is 4.79 Å². The van der Waals surface area contributed by atoms with Gasteiger partial charge in [-0.2, -0.15) is 0 Å². The van der Waals surface area contributed by atoms with Gasteiger partial charge < -0.3 is 24.9 Å². The molecule has 4 heterocycles. The minimum Gasteiger partial charge on any atom is -0.477 e. The fourth-order valence-electron chi connectivity index (χ4n) is 4.40. The fourth-order valence-corrected chi connectivity index (χ4v) is 5.92. The molecule has 9 heteroatoms. The molecule has 8 nitrogen and oxygen atoms in total. The van der Waals surface area contributed by atoms with Crippen LogP contribution in [0.1, 0.15) is 13.8 Å². The van der Waals surface area contributed by atoms with Gasteiger partial charge >= 0.3 is 5.97 Å². The lowest BCUT2D eigenvalue weighted by Crippen LogP contribution is -2.63. The van der Waals surface area contributed by atoms with E-state index in [1.807, 2.05) is 14.0 Å². The second-order valence-corrected chi connectivity index (χ2v) is 8.86. The molecule has 0 bridgehead atoms. The van der Waals surface area contributed by atoms with Crippen LogP contribution in [-0.2, 0) is 9.59 Å². The van der Waals surface area contributed by atoms with E-state index in [2.05, 4.69) is 14.8 Å². The van der Waals surface area contributed by atoms with Gasteiger partial charge in [0.15, 0.2) is 5.96 Å². The number of aliphatic hydroxyl groups is 1. The molecule has 1 amide bonds. The van der Waals surface area contributed by atoms with E-state index in [-0.39, 0.29) is 28.8 Å². The number of rotatable bonds is 4. The molecule has 0 aromatic carbocycles. The third-order valence-corrected chi connectivity index (χ3v) is 7.22. The highest BCUT2D eigenvalue weighted by Gasteiger charge is 2.60. The Morgan fingerprint density at radius 2 is 2.08 bits per heavy atom. The smallest absolute Gasteiger partial charge is 0.353 e. The van der Waals surface area contributed by atoms with Crippen molar-refractivity contribution in [1.29, 1.82) is 0 Å². The highest BCUT2D eigenvalue weighted by molar-refractivity contribution is 8.03. The third-order valence-electron chi connectivity index (χ3n) is 5.77. The number of aliphatic imine (C=N–C) groups is 1. The number of hydrogen-bond donors (Lipinski definition) is 2. The first-order valence-electron chi connectivity index (χ1n) is 8.97. The second kappa shape index (κ2) is 6.16. The Hall–Kier alpha value is -1.74. The molecule has 2 N–H and O–H groups in total. The summed E-state index contributed by atoms with van der Waals surface area (Å²) in [5, 5.41) is 19.8. The molecule has 0 radical (unpaired) electrons. The Kier molecular flexibility index (Phi) is 4.18. The molecule has 4 aliphatic heterocycles. The van der Waals surface area contributed by atoms with Crippen LogP contribution in [0.2, 0.25) is 0 Å². The Balaban J connectivity index is 1.48. The summed E-state index contributed by atoms with van der Waals surface area (Å²) in [5.74, 6) is -0.889. The van der Waals surface area contributed by atoms with E-state index < -0.39 is 18.0 Å². The number of aliphatic carboxylic acids is 1. The van der Waals surface area contributed by atoms with E-state index in [1.54, 1.807) is 18.7 Å². The van der Waals surface area contributed by atoms with Crippen molar-refractivity contribution in [3.63, 3.8) is 0 Å². The van der Waals surface area contributed by atoms with Gasteiger partial charge in [-0.3, -0.25) is 9.79 Å². The van der Waals surface area contributed by atoms with Gasteiger partial charge in [0, 0.05) is 42.8 Å². The number of carbonyl (C=O) groups excluding carboxylic acids is 1. The van der Waals surface area contributed by atoms with Gasteiger partial charge in [0.25, 0.3) is 0 Å². The van der Waals surface area contributed by atoms with Gasteiger partial charge in [0.2, 0.25) is 5.91 Å². The summed E-state index contributed by atoms with van der Waals surface area (Å²) in [7, 11) is 2.03. The minimum atomic E-state index is -1.06. The van der Waals surface area contributed by atoms with Crippen LogP contribution in [0.15, 0.2) is 15.6 Å². The molecular formula is C17H24N4O4S. The van der Waals surface area contributed by atoms with Crippen molar-refractivity contribution in [3.8, 4) is 0 Å². The largest absolute Gasteiger partial charge is 0.477 e. The van der Waals surface area contributed by atoms with Crippen LogP contribution in [0.4, 0.5) is 0 Å². The lowest BCUT2D eigenvalue weighted by Gasteiger charge is -2.46. The van der Waals surface area contributed by atoms with Gasteiger partial charge in [0.1, 0.15) is 5.70 Å². The molecule has 0 spiro atoms. The SMILES string of the molecule is C[C@@H](O)[C@H]1C(=O)N2C(C(=O)O)=C(SC3CN(C4=NCCN4C)C3)[C@H](C)[C@H]12. The molecule has 4 atom stereocenters. The van der Waals surface area contributed by atoms with Crippen LogP contribution in [0.5, 0.6) is 0 Å².